The largest absolute Gasteiger partial charge is 0.390 e. The van der Waals surface area contributed by atoms with Crippen LogP contribution in [0, 0.1) is 11.7 Å². The number of halogens is 1. The highest BCUT2D eigenvalue weighted by Gasteiger charge is 2.44. The number of hydrogen-bond donors (Lipinski definition) is 1. The highest BCUT2D eigenvalue weighted by Crippen LogP contribution is 2.39. The molecule has 0 unspecified atom stereocenters. The van der Waals surface area contributed by atoms with Crippen molar-refractivity contribution in [3.05, 3.63) is 36.3 Å². The second-order valence-corrected chi connectivity index (χ2v) is 7.18. The standard InChI is InChI=1S/C19H23FN2O2/c1-19(23)7-10-24-12-15(19)18-3-2-9-22(18)17-6-8-21-16-11-13(20)4-5-14(16)17/h4-6,8,11,15,18,23H,2-3,7,9-10,12H2,1H3/t15-,18+,19+/m1/s1. The van der Waals surface area contributed by atoms with Crippen LogP contribution < -0.4 is 4.90 Å². The van der Waals surface area contributed by atoms with Crippen molar-refractivity contribution in [2.75, 3.05) is 24.7 Å². The fourth-order valence-corrected chi connectivity index (χ4v) is 4.25. The molecule has 0 radical (unpaired) electrons. The Labute approximate surface area is 141 Å². The Balaban J connectivity index is 1.73. The van der Waals surface area contributed by atoms with Crippen LogP contribution in [0.3, 0.4) is 0 Å². The second-order valence-electron chi connectivity index (χ2n) is 7.18. The van der Waals surface area contributed by atoms with Gasteiger partial charge in [-0.1, -0.05) is 0 Å². The van der Waals surface area contributed by atoms with E-state index in [4.69, 9.17) is 4.74 Å². The Hall–Kier alpha value is -1.72. The monoisotopic (exact) mass is 330 g/mol. The number of aromatic nitrogens is 1. The van der Waals surface area contributed by atoms with Crippen molar-refractivity contribution in [2.24, 2.45) is 5.92 Å². The number of anilines is 1. The van der Waals surface area contributed by atoms with E-state index in [0.29, 0.717) is 25.2 Å². The summed E-state index contributed by atoms with van der Waals surface area (Å²) in [5.74, 6) is -0.189. The summed E-state index contributed by atoms with van der Waals surface area (Å²) in [6.45, 7) is 4.07. The maximum atomic E-state index is 13.5. The fourth-order valence-electron chi connectivity index (χ4n) is 4.25. The molecule has 0 amide bonds. The molecular formula is C19H23FN2O2. The smallest absolute Gasteiger partial charge is 0.125 e. The third kappa shape index (κ3) is 2.66. The number of pyridine rings is 1. The molecule has 2 aliphatic heterocycles. The number of rotatable bonds is 2. The zero-order valence-electron chi connectivity index (χ0n) is 13.9. The van der Waals surface area contributed by atoms with Gasteiger partial charge in [-0.3, -0.25) is 4.98 Å². The van der Waals surface area contributed by atoms with Crippen molar-refractivity contribution in [3.8, 4) is 0 Å². The van der Waals surface area contributed by atoms with Gasteiger partial charge in [0.2, 0.25) is 0 Å². The van der Waals surface area contributed by atoms with Crippen LogP contribution in [0.2, 0.25) is 0 Å². The third-order valence-electron chi connectivity index (χ3n) is 5.60. The molecule has 0 aliphatic carbocycles. The number of fused-ring (bicyclic) bond motifs is 1. The predicted octanol–water partition coefficient (Wildman–Crippen LogP) is 3.13. The Morgan fingerprint density at radius 2 is 2.25 bits per heavy atom. The number of aliphatic hydroxyl groups is 1. The molecule has 0 saturated carbocycles. The van der Waals surface area contributed by atoms with Crippen molar-refractivity contribution < 1.29 is 14.2 Å². The van der Waals surface area contributed by atoms with Crippen LogP contribution >= 0.6 is 0 Å². The summed E-state index contributed by atoms with van der Waals surface area (Å²) in [5, 5.41) is 11.8. The summed E-state index contributed by atoms with van der Waals surface area (Å²) in [5.41, 5.74) is 1.04. The molecule has 1 N–H and O–H groups in total. The van der Waals surface area contributed by atoms with Crippen molar-refractivity contribution in [3.63, 3.8) is 0 Å². The molecule has 24 heavy (non-hydrogen) atoms. The van der Waals surface area contributed by atoms with E-state index in [2.05, 4.69) is 9.88 Å². The van der Waals surface area contributed by atoms with Crippen LogP contribution in [0.15, 0.2) is 30.5 Å². The fraction of sp³-hybridized carbons (Fsp3) is 0.526. The van der Waals surface area contributed by atoms with Gasteiger partial charge in [0.1, 0.15) is 5.82 Å². The number of ether oxygens (including phenoxy) is 1. The van der Waals surface area contributed by atoms with Crippen molar-refractivity contribution in [2.45, 2.75) is 37.8 Å². The predicted molar refractivity (Wildman–Crippen MR) is 91.6 cm³/mol. The first kappa shape index (κ1) is 15.8. The highest BCUT2D eigenvalue weighted by molar-refractivity contribution is 5.91. The van der Waals surface area contributed by atoms with E-state index >= 15 is 0 Å². The van der Waals surface area contributed by atoms with Gasteiger partial charge in [-0.15, -0.1) is 0 Å². The Bertz CT molecular complexity index is 749. The average molecular weight is 330 g/mol. The summed E-state index contributed by atoms with van der Waals surface area (Å²) in [4.78, 5) is 6.66. The third-order valence-corrected chi connectivity index (χ3v) is 5.60. The Morgan fingerprint density at radius 3 is 3.08 bits per heavy atom. The quantitative estimate of drug-likeness (QED) is 0.919. The number of nitrogens with zero attached hydrogens (tertiary/aromatic N) is 2. The normalized spacial score (nSPS) is 30.9. The van der Waals surface area contributed by atoms with Crippen LogP contribution in [0.4, 0.5) is 10.1 Å². The second kappa shape index (κ2) is 5.97. The zero-order chi connectivity index (χ0) is 16.7. The molecule has 4 nitrogen and oxygen atoms in total. The topological polar surface area (TPSA) is 45.6 Å². The van der Waals surface area contributed by atoms with Gasteiger partial charge in [-0.2, -0.15) is 0 Å². The minimum absolute atomic E-state index is 0.0809. The van der Waals surface area contributed by atoms with Crippen LogP contribution in [-0.4, -0.2) is 41.5 Å². The molecule has 3 atom stereocenters. The molecule has 2 aromatic rings. The van der Waals surface area contributed by atoms with E-state index in [0.717, 1.165) is 30.5 Å². The molecule has 0 spiro atoms. The lowest BCUT2D eigenvalue weighted by Crippen LogP contribution is -2.52. The van der Waals surface area contributed by atoms with Crippen molar-refractivity contribution >= 4 is 16.6 Å². The average Bonchev–Trinajstić information content (AvgIpc) is 3.02. The SMILES string of the molecule is C[C@]1(O)CCOC[C@@H]1[C@@H]1CCCN1c1ccnc2cc(F)ccc12. The van der Waals surface area contributed by atoms with Gasteiger partial charge in [0, 0.05) is 48.4 Å². The summed E-state index contributed by atoms with van der Waals surface area (Å²) >= 11 is 0. The van der Waals surface area contributed by atoms with Crippen molar-refractivity contribution in [1.29, 1.82) is 0 Å². The first-order valence-electron chi connectivity index (χ1n) is 8.67. The number of hydrogen-bond acceptors (Lipinski definition) is 4. The lowest BCUT2D eigenvalue weighted by Gasteiger charge is -2.44. The van der Waals surface area contributed by atoms with E-state index in [9.17, 15) is 9.50 Å². The molecule has 1 aromatic heterocycles. The van der Waals surface area contributed by atoms with Crippen LogP contribution in [0.25, 0.3) is 10.9 Å². The molecular weight excluding hydrogens is 307 g/mol. The molecule has 128 valence electrons. The lowest BCUT2D eigenvalue weighted by molar-refractivity contribution is -0.108. The molecule has 2 aliphatic rings. The van der Waals surface area contributed by atoms with E-state index in [-0.39, 0.29) is 17.8 Å². The summed E-state index contributed by atoms with van der Waals surface area (Å²) < 4.78 is 19.2. The van der Waals surface area contributed by atoms with Crippen LogP contribution in [0.1, 0.15) is 26.2 Å². The number of benzene rings is 1. The first-order chi connectivity index (χ1) is 11.6. The van der Waals surface area contributed by atoms with Gasteiger partial charge in [0.25, 0.3) is 0 Å². The lowest BCUT2D eigenvalue weighted by atomic mass is 9.79. The molecule has 1 aromatic carbocycles. The van der Waals surface area contributed by atoms with Gasteiger partial charge < -0.3 is 14.7 Å². The molecule has 0 bridgehead atoms. The zero-order valence-corrected chi connectivity index (χ0v) is 13.9. The summed E-state index contributed by atoms with van der Waals surface area (Å²) in [6.07, 6.45) is 4.53. The van der Waals surface area contributed by atoms with E-state index in [1.54, 1.807) is 12.3 Å². The summed E-state index contributed by atoms with van der Waals surface area (Å²) in [7, 11) is 0. The highest BCUT2D eigenvalue weighted by atomic mass is 19.1. The molecule has 5 heteroatoms. The Morgan fingerprint density at radius 1 is 1.38 bits per heavy atom. The van der Waals surface area contributed by atoms with E-state index < -0.39 is 5.60 Å². The van der Waals surface area contributed by atoms with E-state index in [1.165, 1.54) is 12.1 Å². The minimum Gasteiger partial charge on any atom is -0.390 e. The Kier molecular flexibility index (Phi) is 3.93. The maximum absolute atomic E-state index is 13.5. The molecule has 4 rings (SSSR count). The van der Waals surface area contributed by atoms with Gasteiger partial charge in [-0.25, -0.2) is 4.39 Å². The first-order valence-corrected chi connectivity index (χ1v) is 8.67. The maximum Gasteiger partial charge on any atom is 0.125 e. The van der Waals surface area contributed by atoms with Gasteiger partial charge in [-0.05, 0) is 44.4 Å². The van der Waals surface area contributed by atoms with Gasteiger partial charge >= 0.3 is 0 Å². The minimum atomic E-state index is -0.708. The van der Waals surface area contributed by atoms with Crippen LogP contribution in [-0.2, 0) is 4.74 Å². The van der Waals surface area contributed by atoms with Crippen LogP contribution in [0.5, 0.6) is 0 Å². The van der Waals surface area contributed by atoms with Crippen molar-refractivity contribution in [1.82, 2.24) is 4.98 Å². The summed E-state index contributed by atoms with van der Waals surface area (Å²) in [6, 6.07) is 6.99. The van der Waals surface area contributed by atoms with Gasteiger partial charge in [0.15, 0.2) is 0 Å². The van der Waals surface area contributed by atoms with E-state index in [1.807, 2.05) is 13.0 Å². The molecule has 2 saturated heterocycles. The van der Waals surface area contributed by atoms with Gasteiger partial charge in [0.05, 0.1) is 17.7 Å². The molecule has 3 heterocycles. The molecule has 2 fully saturated rings.